The zero-order valence-corrected chi connectivity index (χ0v) is 11.5. The quantitative estimate of drug-likeness (QED) is 0.735. The number of H-pyrrole nitrogens is 1. The van der Waals surface area contributed by atoms with E-state index in [2.05, 4.69) is 10.3 Å². The number of fused-ring (bicyclic) bond motifs is 1. The standard InChI is InChI=1S/C15H15N3O3/c1-9-6-10-7-11(2-3-12(10)16-9)17-13-8-14(20)18(4-5-19)15(13)21/h2-3,6-8,16-17,19H,4-5H2,1H3. The van der Waals surface area contributed by atoms with Crippen molar-refractivity contribution < 1.29 is 14.7 Å². The molecule has 0 atom stereocenters. The molecule has 1 aliphatic heterocycles. The third-order valence-corrected chi connectivity index (χ3v) is 3.37. The van der Waals surface area contributed by atoms with Crippen LogP contribution in [0.4, 0.5) is 5.69 Å². The molecule has 6 heteroatoms. The number of nitrogens with zero attached hydrogens (tertiary/aromatic N) is 1. The lowest BCUT2D eigenvalue weighted by molar-refractivity contribution is -0.137. The van der Waals surface area contributed by atoms with Crippen LogP contribution >= 0.6 is 0 Å². The van der Waals surface area contributed by atoms with Crippen LogP contribution in [0.25, 0.3) is 10.9 Å². The van der Waals surface area contributed by atoms with Crippen molar-refractivity contribution in [1.29, 1.82) is 0 Å². The fraction of sp³-hybridized carbons (Fsp3) is 0.200. The van der Waals surface area contributed by atoms with E-state index in [1.165, 1.54) is 6.08 Å². The number of β-amino-alcohol motifs (C(OH)–C–C–N with tert-alkyl or cyclic N) is 1. The van der Waals surface area contributed by atoms with Crippen molar-refractivity contribution in [2.45, 2.75) is 6.92 Å². The average Bonchev–Trinajstić information content (AvgIpc) is 2.93. The van der Waals surface area contributed by atoms with Crippen molar-refractivity contribution in [3.8, 4) is 0 Å². The SMILES string of the molecule is Cc1cc2cc(NC3=CC(=O)N(CCO)C3=O)ccc2[nH]1. The largest absolute Gasteiger partial charge is 0.395 e. The molecule has 3 N–H and O–H groups in total. The molecule has 1 aromatic carbocycles. The lowest BCUT2D eigenvalue weighted by atomic mass is 10.2. The van der Waals surface area contributed by atoms with E-state index in [9.17, 15) is 9.59 Å². The maximum atomic E-state index is 12.0. The van der Waals surface area contributed by atoms with Crippen molar-refractivity contribution in [2.24, 2.45) is 0 Å². The summed E-state index contributed by atoms with van der Waals surface area (Å²) in [5.74, 6) is -0.825. The van der Waals surface area contributed by atoms with E-state index in [1.54, 1.807) is 0 Å². The Bertz CT molecular complexity index is 761. The highest BCUT2D eigenvalue weighted by Crippen LogP contribution is 2.22. The summed E-state index contributed by atoms with van der Waals surface area (Å²) in [5, 5.41) is 12.9. The predicted octanol–water partition coefficient (Wildman–Crippen LogP) is 1.13. The Morgan fingerprint density at radius 2 is 2.10 bits per heavy atom. The number of amides is 2. The van der Waals surface area contributed by atoms with Gasteiger partial charge in [0.15, 0.2) is 0 Å². The number of rotatable bonds is 4. The van der Waals surface area contributed by atoms with E-state index < -0.39 is 11.8 Å². The fourth-order valence-electron chi connectivity index (χ4n) is 2.42. The van der Waals surface area contributed by atoms with Gasteiger partial charge in [0.25, 0.3) is 11.8 Å². The van der Waals surface area contributed by atoms with Gasteiger partial charge in [-0.2, -0.15) is 0 Å². The number of carbonyl (C=O) groups excluding carboxylic acids is 2. The summed E-state index contributed by atoms with van der Waals surface area (Å²) in [6.45, 7) is 1.74. The van der Waals surface area contributed by atoms with Gasteiger partial charge in [-0.3, -0.25) is 14.5 Å². The number of aromatic nitrogens is 1. The molecule has 0 aliphatic carbocycles. The van der Waals surface area contributed by atoms with Gasteiger partial charge in [0.2, 0.25) is 0 Å². The van der Waals surface area contributed by atoms with Crippen LogP contribution in [0.2, 0.25) is 0 Å². The highest BCUT2D eigenvalue weighted by Gasteiger charge is 2.30. The molecule has 0 saturated heterocycles. The maximum absolute atomic E-state index is 12.0. The molecule has 0 fully saturated rings. The molecule has 108 valence electrons. The number of nitrogens with one attached hydrogen (secondary N) is 2. The molecule has 1 aromatic heterocycles. The van der Waals surface area contributed by atoms with Crippen molar-refractivity contribution in [2.75, 3.05) is 18.5 Å². The minimum absolute atomic E-state index is 0.00931. The highest BCUT2D eigenvalue weighted by molar-refractivity contribution is 6.17. The molecule has 2 amide bonds. The van der Waals surface area contributed by atoms with Crippen molar-refractivity contribution in [1.82, 2.24) is 9.88 Å². The zero-order chi connectivity index (χ0) is 15.0. The Morgan fingerprint density at radius 3 is 2.86 bits per heavy atom. The smallest absolute Gasteiger partial charge is 0.277 e. The third kappa shape index (κ3) is 2.41. The number of imide groups is 1. The van der Waals surface area contributed by atoms with E-state index in [0.29, 0.717) is 0 Å². The van der Waals surface area contributed by atoms with Crippen LogP contribution in [-0.4, -0.2) is 40.0 Å². The Kier molecular flexibility index (Phi) is 3.23. The predicted molar refractivity (Wildman–Crippen MR) is 78.5 cm³/mol. The molecule has 0 spiro atoms. The molecule has 21 heavy (non-hydrogen) atoms. The topological polar surface area (TPSA) is 85.4 Å². The summed E-state index contributed by atoms with van der Waals surface area (Å²) in [6.07, 6.45) is 1.25. The summed E-state index contributed by atoms with van der Waals surface area (Å²) in [4.78, 5) is 27.9. The van der Waals surface area contributed by atoms with Crippen LogP contribution in [0.1, 0.15) is 5.69 Å². The number of aliphatic hydroxyl groups is 1. The summed E-state index contributed by atoms with van der Waals surface area (Å²) in [7, 11) is 0. The second kappa shape index (κ2) is 5.06. The second-order valence-electron chi connectivity index (χ2n) is 4.96. The van der Waals surface area contributed by atoms with Gasteiger partial charge < -0.3 is 15.4 Å². The van der Waals surface area contributed by atoms with Gasteiger partial charge in [0.1, 0.15) is 5.70 Å². The Morgan fingerprint density at radius 1 is 1.29 bits per heavy atom. The maximum Gasteiger partial charge on any atom is 0.277 e. The zero-order valence-electron chi connectivity index (χ0n) is 11.5. The van der Waals surface area contributed by atoms with Crippen LogP contribution in [0.3, 0.4) is 0 Å². The summed E-state index contributed by atoms with van der Waals surface area (Å²) >= 11 is 0. The first-order valence-electron chi connectivity index (χ1n) is 6.63. The minimum Gasteiger partial charge on any atom is -0.395 e. The second-order valence-corrected chi connectivity index (χ2v) is 4.96. The number of aromatic amines is 1. The highest BCUT2D eigenvalue weighted by atomic mass is 16.3. The first-order chi connectivity index (χ1) is 10.1. The summed E-state index contributed by atoms with van der Waals surface area (Å²) in [5.41, 5.74) is 3.03. The number of hydrogen-bond acceptors (Lipinski definition) is 4. The molecule has 0 saturated carbocycles. The number of carbonyl (C=O) groups is 2. The van der Waals surface area contributed by atoms with Gasteiger partial charge in [-0.1, -0.05) is 0 Å². The third-order valence-electron chi connectivity index (χ3n) is 3.37. The van der Waals surface area contributed by atoms with Gasteiger partial charge in [0.05, 0.1) is 13.2 Å². The number of hydrogen-bond donors (Lipinski definition) is 3. The number of anilines is 1. The molecule has 0 bridgehead atoms. The summed E-state index contributed by atoms with van der Waals surface area (Å²) < 4.78 is 0. The summed E-state index contributed by atoms with van der Waals surface area (Å²) in [6, 6.07) is 7.67. The van der Waals surface area contributed by atoms with Gasteiger partial charge in [-0.15, -0.1) is 0 Å². The molecular formula is C15H15N3O3. The fourth-order valence-corrected chi connectivity index (χ4v) is 2.42. The van der Waals surface area contributed by atoms with Crippen molar-refractivity contribution in [3.63, 3.8) is 0 Å². The molecule has 2 aromatic rings. The Labute approximate surface area is 121 Å². The monoisotopic (exact) mass is 285 g/mol. The molecule has 1 aliphatic rings. The van der Waals surface area contributed by atoms with Gasteiger partial charge in [-0.05, 0) is 31.2 Å². The number of aliphatic hydroxyl groups excluding tert-OH is 1. The number of aryl methyl sites for hydroxylation is 1. The van der Waals surface area contributed by atoms with Gasteiger partial charge in [0, 0.05) is 28.4 Å². The first-order valence-corrected chi connectivity index (χ1v) is 6.63. The van der Waals surface area contributed by atoms with Crippen LogP contribution in [0, 0.1) is 6.92 Å². The molecule has 0 radical (unpaired) electrons. The van der Waals surface area contributed by atoms with E-state index in [-0.39, 0.29) is 18.8 Å². The van der Waals surface area contributed by atoms with Crippen molar-refractivity contribution >= 4 is 28.4 Å². The molecule has 6 nitrogen and oxygen atoms in total. The molecule has 2 heterocycles. The van der Waals surface area contributed by atoms with E-state index in [0.717, 1.165) is 27.2 Å². The van der Waals surface area contributed by atoms with Crippen LogP contribution < -0.4 is 5.32 Å². The lowest BCUT2D eigenvalue weighted by Crippen LogP contribution is -2.34. The molecule has 0 unspecified atom stereocenters. The van der Waals surface area contributed by atoms with Crippen LogP contribution in [-0.2, 0) is 9.59 Å². The van der Waals surface area contributed by atoms with Crippen LogP contribution in [0.5, 0.6) is 0 Å². The normalized spacial score (nSPS) is 15.0. The van der Waals surface area contributed by atoms with Gasteiger partial charge >= 0.3 is 0 Å². The van der Waals surface area contributed by atoms with E-state index >= 15 is 0 Å². The number of benzene rings is 1. The van der Waals surface area contributed by atoms with Crippen LogP contribution in [0.15, 0.2) is 36.0 Å². The van der Waals surface area contributed by atoms with E-state index in [4.69, 9.17) is 5.11 Å². The first kappa shape index (κ1) is 13.4. The molecule has 3 rings (SSSR count). The minimum atomic E-state index is -0.417. The Balaban J connectivity index is 1.83. The average molecular weight is 285 g/mol. The van der Waals surface area contributed by atoms with E-state index in [1.807, 2.05) is 31.2 Å². The Hall–Kier alpha value is -2.60. The lowest BCUT2D eigenvalue weighted by Gasteiger charge is -2.13. The van der Waals surface area contributed by atoms with Crippen molar-refractivity contribution in [3.05, 3.63) is 41.7 Å². The molecular weight excluding hydrogens is 270 g/mol. The van der Waals surface area contributed by atoms with Gasteiger partial charge in [-0.25, -0.2) is 0 Å².